The Kier molecular flexibility index (Phi) is 13.7. The Morgan fingerprint density at radius 2 is 1.27 bits per heavy atom. The predicted octanol–water partition coefficient (Wildman–Crippen LogP) is 9.91. The number of halogens is 1. The molecule has 0 radical (unpaired) electrons. The Bertz CT molecular complexity index is 2640. The minimum atomic E-state index is -0.259. The molecular weight excluding hydrogens is 746 g/mol. The van der Waals surface area contributed by atoms with Gasteiger partial charge in [-0.25, -0.2) is 9.37 Å². The van der Waals surface area contributed by atoms with E-state index in [9.17, 15) is 9.18 Å². The number of pyridine rings is 4. The van der Waals surface area contributed by atoms with Gasteiger partial charge in [0.15, 0.2) is 0 Å². The van der Waals surface area contributed by atoms with Crippen molar-refractivity contribution in [2.24, 2.45) is 11.5 Å². The number of nitrogens with zero attached hydrogens (tertiary/aromatic N) is 4. The van der Waals surface area contributed by atoms with Gasteiger partial charge in [-0.15, -0.1) is 0 Å². The monoisotopic (exact) mass is 793 g/mol. The zero-order chi connectivity index (χ0) is 41.7. The van der Waals surface area contributed by atoms with Gasteiger partial charge in [-0.1, -0.05) is 103 Å². The summed E-state index contributed by atoms with van der Waals surface area (Å²) in [6, 6.07) is 46.3. The Hall–Kier alpha value is -7.07. The van der Waals surface area contributed by atoms with Crippen molar-refractivity contribution >= 4 is 5.82 Å². The molecule has 0 saturated heterocycles. The standard InChI is InChI=1S/C26H25N3O.C25H23FN4/c1-19-6-5-9-22(14-19)24-16-26(30)29(18-25(24)21-10-12-28-13-11-21)17-23(27)15-20-7-3-2-4-8-20;26-21-8-6-18(7-9-21)23-17-30-25(16-22(23)19-10-13-28-14-11-19)29-15-12-24(27)20-4-2-1-3-5-20/h2-14,16,18,23H,15,17,27H2,1H3;1-11,13-14,16-17,24H,12,15,27H2,(H,29,30)/t23-;/m0./s1. The third kappa shape index (κ3) is 10.9. The van der Waals surface area contributed by atoms with Gasteiger partial charge < -0.3 is 21.4 Å². The molecule has 1 unspecified atom stereocenters. The van der Waals surface area contributed by atoms with Crippen molar-refractivity contribution in [3.8, 4) is 44.5 Å². The maximum absolute atomic E-state index is 13.4. The molecule has 0 aliphatic heterocycles. The summed E-state index contributed by atoms with van der Waals surface area (Å²) in [5.41, 5.74) is 23.9. The number of hydrogen-bond acceptors (Lipinski definition) is 7. The lowest BCUT2D eigenvalue weighted by molar-refractivity contribution is 0.538. The molecule has 0 spiro atoms. The minimum Gasteiger partial charge on any atom is -0.370 e. The summed E-state index contributed by atoms with van der Waals surface area (Å²) in [7, 11) is 0. The summed E-state index contributed by atoms with van der Waals surface area (Å²) in [5, 5.41) is 3.38. The second-order valence-corrected chi connectivity index (χ2v) is 14.7. The number of nitrogens with one attached hydrogen (secondary N) is 1. The molecule has 0 amide bonds. The molecule has 8 nitrogen and oxygen atoms in total. The third-order valence-corrected chi connectivity index (χ3v) is 10.3. The van der Waals surface area contributed by atoms with Crippen molar-refractivity contribution in [2.75, 3.05) is 11.9 Å². The fourth-order valence-corrected chi connectivity index (χ4v) is 7.17. The predicted molar refractivity (Wildman–Crippen MR) is 242 cm³/mol. The van der Waals surface area contributed by atoms with Crippen LogP contribution in [0.25, 0.3) is 44.5 Å². The first-order valence-corrected chi connectivity index (χ1v) is 20.0. The van der Waals surface area contributed by atoms with Gasteiger partial charge in [0.25, 0.3) is 5.56 Å². The van der Waals surface area contributed by atoms with E-state index in [1.165, 1.54) is 17.7 Å². The first-order chi connectivity index (χ1) is 29.3. The molecule has 4 aromatic heterocycles. The summed E-state index contributed by atoms with van der Waals surface area (Å²) in [6.45, 7) is 3.22. The van der Waals surface area contributed by atoms with Gasteiger partial charge in [-0.3, -0.25) is 14.8 Å². The van der Waals surface area contributed by atoms with Crippen LogP contribution in [0.5, 0.6) is 0 Å². The summed E-state index contributed by atoms with van der Waals surface area (Å²) in [5.74, 6) is 0.512. The highest BCUT2D eigenvalue weighted by Crippen LogP contribution is 2.34. The molecule has 0 bridgehead atoms. The van der Waals surface area contributed by atoms with Gasteiger partial charge in [-0.05, 0) is 107 Å². The largest absolute Gasteiger partial charge is 0.370 e. The molecule has 8 rings (SSSR count). The summed E-state index contributed by atoms with van der Waals surface area (Å²) in [6.07, 6.45) is 12.3. The lowest BCUT2D eigenvalue weighted by Crippen LogP contribution is -2.33. The van der Waals surface area contributed by atoms with E-state index in [2.05, 4.69) is 51.5 Å². The van der Waals surface area contributed by atoms with Crippen molar-refractivity contribution in [2.45, 2.75) is 38.4 Å². The SMILES string of the molecule is Cc1cccc(-c2cc(=O)n(C[C@@H](N)Cc3ccccc3)cc2-c2ccncc2)c1.NC(CCNc1cc(-c2ccncc2)c(-c2ccc(F)cc2)cn1)c1ccccc1. The Morgan fingerprint density at radius 3 is 1.93 bits per heavy atom. The van der Waals surface area contributed by atoms with Gasteiger partial charge in [-0.2, -0.15) is 0 Å². The van der Waals surface area contributed by atoms with Gasteiger partial charge in [0.05, 0.1) is 0 Å². The lowest BCUT2D eigenvalue weighted by Gasteiger charge is -2.17. The van der Waals surface area contributed by atoms with E-state index in [1.54, 1.807) is 47.6 Å². The van der Waals surface area contributed by atoms with Crippen LogP contribution in [0.15, 0.2) is 188 Å². The van der Waals surface area contributed by atoms with Gasteiger partial charge in [0.2, 0.25) is 0 Å². The average molecular weight is 794 g/mol. The molecule has 5 N–H and O–H groups in total. The zero-order valence-corrected chi connectivity index (χ0v) is 33.5. The highest BCUT2D eigenvalue weighted by molar-refractivity contribution is 5.85. The van der Waals surface area contributed by atoms with E-state index in [4.69, 9.17) is 11.5 Å². The number of hydrogen-bond donors (Lipinski definition) is 3. The Labute approximate surface area is 350 Å². The molecule has 60 heavy (non-hydrogen) atoms. The van der Waals surface area contributed by atoms with Gasteiger partial charge >= 0.3 is 0 Å². The normalized spacial score (nSPS) is 11.9. The minimum absolute atomic E-state index is 0.0307. The summed E-state index contributed by atoms with van der Waals surface area (Å²) in [4.78, 5) is 25.8. The molecule has 0 aliphatic rings. The highest BCUT2D eigenvalue weighted by atomic mass is 19.1. The number of nitrogens with two attached hydrogens (primary N) is 2. The number of rotatable bonds is 13. The molecule has 4 aromatic carbocycles. The van der Waals surface area contributed by atoms with E-state index in [0.29, 0.717) is 13.1 Å². The van der Waals surface area contributed by atoms with Crippen LogP contribution in [0.1, 0.15) is 29.2 Å². The maximum Gasteiger partial charge on any atom is 0.251 e. The maximum atomic E-state index is 13.4. The molecule has 4 heterocycles. The number of benzene rings is 4. The Morgan fingerprint density at radius 1 is 0.650 bits per heavy atom. The number of aromatic nitrogens is 4. The summed E-state index contributed by atoms with van der Waals surface area (Å²) >= 11 is 0. The first kappa shape index (κ1) is 41.1. The van der Waals surface area contributed by atoms with Crippen LogP contribution in [-0.4, -0.2) is 32.1 Å². The van der Waals surface area contributed by atoms with Crippen LogP contribution in [0, 0.1) is 12.7 Å². The van der Waals surface area contributed by atoms with Crippen LogP contribution in [-0.2, 0) is 13.0 Å². The molecular formula is C51H48FN7O. The van der Waals surface area contributed by atoms with Crippen LogP contribution in [0.4, 0.5) is 10.2 Å². The molecule has 2 atom stereocenters. The van der Waals surface area contributed by atoms with Crippen molar-refractivity contribution in [3.63, 3.8) is 0 Å². The smallest absolute Gasteiger partial charge is 0.251 e. The van der Waals surface area contributed by atoms with Crippen LogP contribution in [0.2, 0.25) is 0 Å². The molecule has 0 aliphatic carbocycles. The summed E-state index contributed by atoms with van der Waals surface area (Å²) < 4.78 is 15.1. The van der Waals surface area contributed by atoms with Crippen LogP contribution in [0.3, 0.4) is 0 Å². The molecule has 0 fully saturated rings. The van der Waals surface area contributed by atoms with E-state index >= 15 is 0 Å². The number of anilines is 1. The number of aryl methyl sites for hydroxylation is 1. The van der Waals surface area contributed by atoms with Crippen molar-refractivity contribution < 1.29 is 4.39 Å². The fraction of sp³-hybridized carbons (Fsp3) is 0.137. The molecule has 0 saturated carbocycles. The fourth-order valence-electron chi connectivity index (χ4n) is 7.17. The van der Waals surface area contributed by atoms with Crippen molar-refractivity contribution in [1.82, 2.24) is 19.5 Å². The van der Waals surface area contributed by atoms with Gasteiger partial charge in [0.1, 0.15) is 11.6 Å². The van der Waals surface area contributed by atoms with E-state index in [-0.39, 0.29) is 23.5 Å². The first-order valence-electron chi connectivity index (χ1n) is 20.0. The third-order valence-electron chi connectivity index (χ3n) is 10.3. The van der Waals surface area contributed by atoms with Crippen LogP contribution < -0.4 is 22.3 Å². The second-order valence-electron chi connectivity index (χ2n) is 14.7. The average Bonchev–Trinajstić information content (AvgIpc) is 3.28. The molecule has 8 aromatic rings. The lowest BCUT2D eigenvalue weighted by atomic mass is 9.96. The topological polar surface area (TPSA) is 125 Å². The van der Waals surface area contributed by atoms with Crippen molar-refractivity contribution in [3.05, 3.63) is 216 Å². The van der Waals surface area contributed by atoms with Gasteiger partial charge in [0, 0.05) is 79.5 Å². The van der Waals surface area contributed by atoms with Crippen molar-refractivity contribution in [1.29, 1.82) is 0 Å². The quantitative estimate of drug-likeness (QED) is 0.106. The van der Waals surface area contributed by atoms with E-state index in [0.717, 1.165) is 74.3 Å². The van der Waals surface area contributed by atoms with Crippen LogP contribution >= 0.6 is 0 Å². The molecule has 9 heteroatoms. The Balaban J connectivity index is 0.000000181. The van der Waals surface area contributed by atoms with E-state index in [1.807, 2.05) is 103 Å². The zero-order valence-electron chi connectivity index (χ0n) is 33.5. The van der Waals surface area contributed by atoms with E-state index < -0.39 is 0 Å². The second kappa shape index (κ2) is 20.1. The molecule has 300 valence electrons. The highest BCUT2D eigenvalue weighted by Gasteiger charge is 2.15.